The van der Waals surface area contributed by atoms with E-state index in [1.807, 2.05) is 12.3 Å². The van der Waals surface area contributed by atoms with Crippen molar-refractivity contribution in [2.24, 2.45) is 5.92 Å². The molecular weight excluding hydrogens is 226 g/mol. The van der Waals surface area contributed by atoms with Gasteiger partial charge in [-0.2, -0.15) is 0 Å². The largest absolute Gasteiger partial charge is 0.341 e. The van der Waals surface area contributed by atoms with Crippen molar-refractivity contribution in [3.63, 3.8) is 0 Å². The number of carbonyl (C=O) groups excluding carboxylic acids is 2. The molecular formula is C10H13N3O2S. The first-order chi connectivity index (χ1) is 7.56. The number of nitrogens with zero attached hydrogens (tertiary/aromatic N) is 2. The summed E-state index contributed by atoms with van der Waals surface area (Å²) >= 11 is 1.41. The lowest BCUT2D eigenvalue weighted by atomic mass is 9.99. The Kier molecular flexibility index (Phi) is 2.91. The Labute approximate surface area is 97.5 Å². The van der Waals surface area contributed by atoms with Crippen molar-refractivity contribution in [2.45, 2.75) is 13.8 Å². The molecule has 0 unspecified atom stereocenters. The molecule has 86 valence electrons. The number of carbonyl (C=O) groups is 2. The third-order valence-electron chi connectivity index (χ3n) is 2.55. The highest BCUT2D eigenvalue weighted by Crippen LogP contribution is 2.20. The van der Waals surface area contributed by atoms with E-state index in [1.165, 1.54) is 18.3 Å². The fourth-order valence-corrected chi connectivity index (χ4v) is 2.21. The van der Waals surface area contributed by atoms with Gasteiger partial charge in [0.25, 0.3) is 0 Å². The number of hydrogen-bond acceptors (Lipinski definition) is 4. The van der Waals surface area contributed by atoms with Crippen molar-refractivity contribution in [3.05, 3.63) is 11.1 Å². The summed E-state index contributed by atoms with van der Waals surface area (Å²) in [6.45, 7) is 4.43. The molecule has 16 heavy (non-hydrogen) atoms. The molecule has 1 aliphatic rings. The number of anilines is 1. The first-order valence-corrected chi connectivity index (χ1v) is 5.92. The molecule has 2 amide bonds. The second-order valence-electron chi connectivity index (χ2n) is 3.90. The predicted molar refractivity (Wildman–Crippen MR) is 61.2 cm³/mol. The van der Waals surface area contributed by atoms with E-state index in [9.17, 15) is 9.59 Å². The van der Waals surface area contributed by atoms with Gasteiger partial charge in [-0.3, -0.25) is 9.59 Å². The van der Waals surface area contributed by atoms with Crippen LogP contribution in [0.2, 0.25) is 0 Å². The summed E-state index contributed by atoms with van der Waals surface area (Å²) in [7, 11) is 0. The summed E-state index contributed by atoms with van der Waals surface area (Å²) in [5, 5.41) is 5.27. The minimum absolute atomic E-state index is 0.0224. The second-order valence-corrected chi connectivity index (χ2v) is 4.76. The average molecular weight is 239 g/mol. The van der Waals surface area contributed by atoms with E-state index in [4.69, 9.17) is 0 Å². The fourth-order valence-electron chi connectivity index (χ4n) is 1.52. The van der Waals surface area contributed by atoms with E-state index in [1.54, 1.807) is 4.90 Å². The third-order valence-corrected chi connectivity index (χ3v) is 3.42. The number of thiazole rings is 1. The van der Waals surface area contributed by atoms with E-state index >= 15 is 0 Å². The van der Waals surface area contributed by atoms with Crippen LogP contribution >= 0.6 is 11.3 Å². The number of aryl methyl sites for hydroxylation is 1. The van der Waals surface area contributed by atoms with Gasteiger partial charge < -0.3 is 10.2 Å². The summed E-state index contributed by atoms with van der Waals surface area (Å²) in [5.74, 6) is -0.117. The quantitative estimate of drug-likeness (QED) is 0.833. The van der Waals surface area contributed by atoms with Crippen molar-refractivity contribution in [1.82, 2.24) is 9.88 Å². The van der Waals surface area contributed by atoms with Crippen molar-refractivity contribution in [2.75, 3.05) is 18.4 Å². The number of aromatic nitrogens is 1. The van der Waals surface area contributed by atoms with E-state index in [-0.39, 0.29) is 17.7 Å². The number of nitrogens with one attached hydrogen (secondary N) is 1. The van der Waals surface area contributed by atoms with Crippen LogP contribution in [0.4, 0.5) is 5.13 Å². The Morgan fingerprint density at radius 1 is 1.56 bits per heavy atom. The van der Waals surface area contributed by atoms with Crippen LogP contribution in [-0.2, 0) is 9.59 Å². The van der Waals surface area contributed by atoms with Crippen LogP contribution < -0.4 is 5.32 Å². The van der Waals surface area contributed by atoms with E-state index < -0.39 is 0 Å². The lowest BCUT2D eigenvalue weighted by molar-refractivity contribution is -0.139. The molecule has 1 aromatic rings. The van der Waals surface area contributed by atoms with Crippen LogP contribution in [0.3, 0.4) is 0 Å². The minimum atomic E-state index is -0.0897. The molecule has 0 atom stereocenters. The Hall–Kier alpha value is -1.43. The van der Waals surface area contributed by atoms with Gasteiger partial charge in [-0.15, -0.1) is 11.3 Å². The third kappa shape index (κ3) is 2.21. The molecule has 1 aromatic heterocycles. The summed E-state index contributed by atoms with van der Waals surface area (Å²) in [6, 6.07) is 0. The van der Waals surface area contributed by atoms with Crippen LogP contribution in [0.1, 0.15) is 12.6 Å². The highest BCUT2D eigenvalue weighted by Gasteiger charge is 2.34. The Balaban J connectivity index is 1.84. The second kappa shape index (κ2) is 4.21. The van der Waals surface area contributed by atoms with Crippen LogP contribution in [0.15, 0.2) is 5.38 Å². The zero-order valence-electron chi connectivity index (χ0n) is 9.19. The molecule has 0 aliphatic carbocycles. The van der Waals surface area contributed by atoms with Gasteiger partial charge in [-0.05, 0) is 6.92 Å². The molecule has 1 aliphatic heterocycles. The topological polar surface area (TPSA) is 62.3 Å². The molecule has 0 bridgehead atoms. The van der Waals surface area contributed by atoms with Crippen LogP contribution in [0.25, 0.3) is 0 Å². The highest BCUT2D eigenvalue weighted by molar-refractivity contribution is 7.13. The standard InChI is InChI=1S/C10H13N3O2S/c1-6-5-16-10(11-6)12-9(15)8-3-13(4-8)7(2)14/h5,8H,3-4H2,1-2H3,(H,11,12,15). The van der Waals surface area contributed by atoms with Gasteiger partial charge in [-0.25, -0.2) is 4.98 Å². The fraction of sp³-hybridized carbons (Fsp3) is 0.500. The van der Waals surface area contributed by atoms with Gasteiger partial charge in [0.2, 0.25) is 11.8 Å². The predicted octanol–water partition coefficient (Wildman–Crippen LogP) is 0.868. The van der Waals surface area contributed by atoms with Crippen LogP contribution in [0, 0.1) is 12.8 Å². The van der Waals surface area contributed by atoms with Gasteiger partial charge >= 0.3 is 0 Å². The van der Waals surface area contributed by atoms with Gasteiger partial charge in [0.15, 0.2) is 5.13 Å². The molecule has 5 nitrogen and oxygen atoms in total. The Morgan fingerprint density at radius 3 is 2.75 bits per heavy atom. The summed E-state index contributed by atoms with van der Waals surface area (Å²) < 4.78 is 0. The normalized spacial score (nSPS) is 15.8. The van der Waals surface area contributed by atoms with Crippen molar-refractivity contribution in [1.29, 1.82) is 0 Å². The summed E-state index contributed by atoms with van der Waals surface area (Å²) in [6.07, 6.45) is 0. The molecule has 2 rings (SSSR count). The maximum atomic E-state index is 11.7. The van der Waals surface area contributed by atoms with Crippen LogP contribution in [-0.4, -0.2) is 34.8 Å². The molecule has 2 heterocycles. The Morgan fingerprint density at radius 2 is 2.25 bits per heavy atom. The number of amides is 2. The monoisotopic (exact) mass is 239 g/mol. The summed E-state index contributed by atoms with van der Waals surface area (Å²) in [4.78, 5) is 28.4. The zero-order chi connectivity index (χ0) is 11.7. The maximum absolute atomic E-state index is 11.7. The number of rotatable bonds is 2. The van der Waals surface area contributed by atoms with Crippen molar-refractivity contribution >= 4 is 28.3 Å². The number of hydrogen-bond donors (Lipinski definition) is 1. The number of likely N-dealkylation sites (tertiary alicyclic amines) is 1. The lowest BCUT2D eigenvalue weighted by Gasteiger charge is -2.37. The lowest BCUT2D eigenvalue weighted by Crippen LogP contribution is -2.53. The van der Waals surface area contributed by atoms with Gasteiger partial charge in [-0.1, -0.05) is 0 Å². The molecule has 6 heteroatoms. The summed E-state index contributed by atoms with van der Waals surface area (Å²) in [5.41, 5.74) is 0.902. The van der Waals surface area contributed by atoms with Gasteiger partial charge in [0, 0.05) is 25.4 Å². The first kappa shape index (κ1) is 11.1. The molecule has 1 N–H and O–H groups in total. The van der Waals surface area contributed by atoms with Gasteiger partial charge in [0.1, 0.15) is 0 Å². The Bertz CT molecular complexity index is 423. The highest BCUT2D eigenvalue weighted by atomic mass is 32.1. The molecule has 0 radical (unpaired) electrons. The molecule has 0 aromatic carbocycles. The van der Waals surface area contributed by atoms with Gasteiger partial charge in [0.05, 0.1) is 11.6 Å². The first-order valence-electron chi connectivity index (χ1n) is 5.05. The molecule has 1 fully saturated rings. The molecule has 0 saturated carbocycles. The minimum Gasteiger partial charge on any atom is -0.341 e. The SMILES string of the molecule is CC(=O)N1CC(C(=O)Nc2nc(C)cs2)C1. The maximum Gasteiger partial charge on any atom is 0.232 e. The van der Waals surface area contributed by atoms with Crippen LogP contribution in [0.5, 0.6) is 0 Å². The van der Waals surface area contributed by atoms with E-state index in [0.717, 1.165) is 5.69 Å². The zero-order valence-corrected chi connectivity index (χ0v) is 10.0. The smallest absolute Gasteiger partial charge is 0.232 e. The van der Waals surface area contributed by atoms with E-state index in [2.05, 4.69) is 10.3 Å². The van der Waals surface area contributed by atoms with E-state index in [0.29, 0.717) is 18.2 Å². The average Bonchev–Trinajstić information content (AvgIpc) is 2.47. The molecule has 0 spiro atoms. The molecule has 1 saturated heterocycles. The van der Waals surface area contributed by atoms with Crippen molar-refractivity contribution < 1.29 is 9.59 Å². The van der Waals surface area contributed by atoms with Crippen molar-refractivity contribution in [3.8, 4) is 0 Å².